The van der Waals surface area contributed by atoms with Crippen LogP contribution in [0.25, 0.3) is 0 Å². The first kappa shape index (κ1) is 14.8. The molecule has 2 rings (SSSR count). The van der Waals surface area contributed by atoms with Crippen LogP contribution in [-0.4, -0.2) is 44.1 Å². The minimum Gasteiger partial charge on any atom is -0.335 e. The average molecular weight is 288 g/mol. The number of halogens is 3. The molecule has 1 aliphatic heterocycles. The van der Waals surface area contributed by atoms with Crippen LogP contribution in [0.3, 0.4) is 0 Å². The van der Waals surface area contributed by atoms with Crippen LogP contribution in [-0.2, 0) is 6.18 Å². The lowest BCUT2D eigenvalue weighted by molar-refractivity contribution is -0.884. The zero-order valence-electron chi connectivity index (χ0n) is 11.1. The Labute approximate surface area is 115 Å². The van der Waals surface area contributed by atoms with E-state index >= 15 is 0 Å². The standard InChI is InChI=1S/C13H16F3N3O/c1-18-5-7-19(8-6-18)17-12(20)10-3-2-4-11(9-10)13(14,15)16/h2-4,9H,5-8H2,1H3,(H,17,20)/p+1. The number of amides is 1. The van der Waals surface area contributed by atoms with Crippen LogP contribution in [0.2, 0.25) is 0 Å². The van der Waals surface area contributed by atoms with Crippen molar-refractivity contribution >= 4 is 5.91 Å². The Hall–Kier alpha value is -1.60. The minimum atomic E-state index is -4.44. The smallest absolute Gasteiger partial charge is 0.335 e. The van der Waals surface area contributed by atoms with E-state index in [1.54, 1.807) is 5.01 Å². The van der Waals surface area contributed by atoms with Crippen molar-refractivity contribution in [2.45, 2.75) is 6.18 Å². The van der Waals surface area contributed by atoms with Gasteiger partial charge in [-0.25, -0.2) is 5.01 Å². The second-order valence-electron chi connectivity index (χ2n) is 4.96. The van der Waals surface area contributed by atoms with Gasteiger partial charge >= 0.3 is 6.18 Å². The number of hydrogen-bond donors (Lipinski definition) is 2. The van der Waals surface area contributed by atoms with E-state index in [2.05, 4.69) is 12.5 Å². The third kappa shape index (κ3) is 3.71. The van der Waals surface area contributed by atoms with Gasteiger partial charge in [0.1, 0.15) is 0 Å². The number of piperazine rings is 1. The molecule has 0 unspecified atom stereocenters. The van der Waals surface area contributed by atoms with E-state index < -0.39 is 17.6 Å². The van der Waals surface area contributed by atoms with Gasteiger partial charge in [-0.1, -0.05) is 6.07 Å². The second-order valence-corrected chi connectivity index (χ2v) is 4.96. The van der Waals surface area contributed by atoms with E-state index in [4.69, 9.17) is 0 Å². The molecule has 7 heteroatoms. The van der Waals surface area contributed by atoms with Crippen LogP contribution in [0.1, 0.15) is 15.9 Å². The summed E-state index contributed by atoms with van der Waals surface area (Å²) in [6.07, 6.45) is -4.44. The highest BCUT2D eigenvalue weighted by molar-refractivity contribution is 5.94. The van der Waals surface area contributed by atoms with Crippen molar-refractivity contribution < 1.29 is 22.9 Å². The number of hydrazine groups is 1. The zero-order valence-corrected chi connectivity index (χ0v) is 11.1. The van der Waals surface area contributed by atoms with Crippen LogP contribution in [0.4, 0.5) is 13.2 Å². The number of benzene rings is 1. The molecule has 0 aromatic heterocycles. The molecule has 4 nitrogen and oxygen atoms in total. The first-order valence-corrected chi connectivity index (χ1v) is 6.41. The summed E-state index contributed by atoms with van der Waals surface area (Å²) in [4.78, 5) is 13.3. The number of nitrogens with zero attached hydrogens (tertiary/aromatic N) is 1. The van der Waals surface area contributed by atoms with Crippen molar-refractivity contribution in [1.29, 1.82) is 0 Å². The van der Waals surface area contributed by atoms with Crippen LogP contribution in [0.5, 0.6) is 0 Å². The van der Waals surface area contributed by atoms with Crippen molar-refractivity contribution in [1.82, 2.24) is 10.4 Å². The number of hydrogen-bond acceptors (Lipinski definition) is 2. The maximum Gasteiger partial charge on any atom is 0.416 e. The predicted octanol–water partition coefficient (Wildman–Crippen LogP) is 0.181. The number of rotatable bonds is 2. The number of nitrogens with one attached hydrogen (secondary N) is 2. The Morgan fingerprint density at radius 2 is 1.95 bits per heavy atom. The summed E-state index contributed by atoms with van der Waals surface area (Å²) in [5.41, 5.74) is 1.86. The predicted molar refractivity (Wildman–Crippen MR) is 67.1 cm³/mol. The van der Waals surface area contributed by atoms with Gasteiger partial charge in [0.15, 0.2) is 0 Å². The SMILES string of the molecule is C[NH+]1CCN(NC(=O)c2cccc(C(F)(F)F)c2)CC1. The van der Waals surface area contributed by atoms with Gasteiger partial charge in [0.25, 0.3) is 5.91 Å². The third-order valence-electron chi connectivity index (χ3n) is 3.33. The van der Waals surface area contributed by atoms with Crippen LogP contribution in [0, 0.1) is 0 Å². The van der Waals surface area contributed by atoms with E-state index in [9.17, 15) is 18.0 Å². The highest BCUT2D eigenvalue weighted by atomic mass is 19.4. The van der Waals surface area contributed by atoms with Crippen LogP contribution >= 0.6 is 0 Å². The molecule has 1 amide bonds. The molecule has 20 heavy (non-hydrogen) atoms. The van der Waals surface area contributed by atoms with E-state index in [1.807, 2.05) is 0 Å². The molecule has 1 fully saturated rings. The third-order valence-corrected chi connectivity index (χ3v) is 3.33. The molecule has 1 aromatic carbocycles. The molecule has 0 aliphatic carbocycles. The minimum absolute atomic E-state index is 0.0195. The Bertz CT molecular complexity index is 482. The second kappa shape index (κ2) is 5.80. The van der Waals surface area contributed by atoms with Crippen LogP contribution in [0.15, 0.2) is 24.3 Å². The maximum absolute atomic E-state index is 12.6. The summed E-state index contributed by atoms with van der Waals surface area (Å²) in [6.45, 7) is 3.17. The number of carbonyl (C=O) groups excluding carboxylic acids is 1. The quantitative estimate of drug-likeness (QED) is 0.814. The molecular formula is C13H17F3N3O+. The van der Waals surface area contributed by atoms with Crippen molar-refractivity contribution in [3.05, 3.63) is 35.4 Å². The number of quaternary nitrogens is 1. The van der Waals surface area contributed by atoms with Crippen molar-refractivity contribution in [3.8, 4) is 0 Å². The molecule has 1 heterocycles. The first-order valence-electron chi connectivity index (χ1n) is 6.41. The number of carbonyl (C=O) groups is 1. The molecule has 0 spiro atoms. The largest absolute Gasteiger partial charge is 0.416 e. The monoisotopic (exact) mass is 288 g/mol. The van der Waals surface area contributed by atoms with Gasteiger partial charge in [0, 0.05) is 5.56 Å². The molecule has 2 N–H and O–H groups in total. The molecule has 0 radical (unpaired) electrons. The maximum atomic E-state index is 12.6. The van der Waals surface area contributed by atoms with Gasteiger partial charge in [-0.2, -0.15) is 13.2 Å². The lowest BCUT2D eigenvalue weighted by atomic mass is 10.1. The van der Waals surface area contributed by atoms with Gasteiger partial charge in [-0.15, -0.1) is 0 Å². The average Bonchev–Trinajstić information content (AvgIpc) is 2.40. The van der Waals surface area contributed by atoms with E-state index in [0.29, 0.717) is 13.1 Å². The van der Waals surface area contributed by atoms with Crippen LogP contribution < -0.4 is 10.3 Å². The molecular weight excluding hydrogens is 271 g/mol. The fraction of sp³-hybridized carbons (Fsp3) is 0.462. The number of likely N-dealkylation sites (N-methyl/N-ethyl adjacent to an activating group) is 1. The first-order chi connectivity index (χ1) is 9.36. The van der Waals surface area contributed by atoms with E-state index in [0.717, 1.165) is 25.2 Å². The molecule has 1 saturated heterocycles. The molecule has 1 aliphatic rings. The Morgan fingerprint density at radius 3 is 2.55 bits per heavy atom. The van der Waals surface area contributed by atoms with Gasteiger partial charge in [-0.05, 0) is 18.2 Å². The van der Waals surface area contributed by atoms with E-state index in [1.165, 1.54) is 17.0 Å². The molecule has 1 aromatic rings. The summed E-state index contributed by atoms with van der Waals surface area (Å²) in [6, 6.07) is 4.45. The van der Waals surface area contributed by atoms with Gasteiger partial charge < -0.3 is 4.90 Å². The molecule has 0 atom stereocenters. The fourth-order valence-electron chi connectivity index (χ4n) is 2.05. The van der Waals surface area contributed by atoms with Gasteiger partial charge in [0.05, 0.1) is 38.8 Å². The normalized spacial score (nSPS) is 18.0. The van der Waals surface area contributed by atoms with Gasteiger partial charge in [-0.3, -0.25) is 10.2 Å². The number of alkyl halides is 3. The topological polar surface area (TPSA) is 36.8 Å². The zero-order chi connectivity index (χ0) is 14.8. The van der Waals surface area contributed by atoms with Crippen molar-refractivity contribution in [2.75, 3.05) is 33.2 Å². The molecule has 0 bridgehead atoms. The summed E-state index contributed by atoms with van der Waals surface area (Å²) >= 11 is 0. The summed E-state index contributed by atoms with van der Waals surface area (Å²) in [5, 5.41) is 1.75. The lowest BCUT2D eigenvalue weighted by Crippen LogP contribution is -3.12. The lowest BCUT2D eigenvalue weighted by Gasteiger charge is -2.30. The molecule has 0 saturated carbocycles. The summed E-state index contributed by atoms with van der Waals surface area (Å²) in [7, 11) is 2.06. The van der Waals surface area contributed by atoms with Crippen molar-refractivity contribution in [2.24, 2.45) is 0 Å². The summed E-state index contributed by atoms with van der Waals surface area (Å²) < 4.78 is 37.8. The Kier molecular flexibility index (Phi) is 4.29. The Morgan fingerprint density at radius 1 is 1.30 bits per heavy atom. The molecule has 110 valence electrons. The van der Waals surface area contributed by atoms with Gasteiger partial charge in [0.2, 0.25) is 0 Å². The van der Waals surface area contributed by atoms with Crippen molar-refractivity contribution in [3.63, 3.8) is 0 Å². The summed E-state index contributed by atoms with van der Waals surface area (Å²) in [5.74, 6) is -0.504. The highest BCUT2D eigenvalue weighted by Crippen LogP contribution is 2.29. The fourth-order valence-corrected chi connectivity index (χ4v) is 2.05. The Balaban J connectivity index is 2.02. The highest BCUT2D eigenvalue weighted by Gasteiger charge is 2.31. The van der Waals surface area contributed by atoms with E-state index in [-0.39, 0.29) is 5.56 Å².